The van der Waals surface area contributed by atoms with E-state index in [-0.39, 0.29) is 6.54 Å². The quantitative estimate of drug-likeness (QED) is 0.684. The van der Waals surface area contributed by atoms with Gasteiger partial charge in [0.25, 0.3) is 0 Å². The topological polar surface area (TPSA) is 98.3 Å². The number of hydrogen-bond acceptors (Lipinski definition) is 4. The largest absolute Gasteiger partial charge is 0.477 e. The van der Waals surface area contributed by atoms with E-state index in [9.17, 15) is 14.9 Å². The lowest BCUT2D eigenvalue weighted by Gasteiger charge is -2.00. The minimum Gasteiger partial charge on any atom is -0.477 e. The first kappa shape index (κ1) is 13.0. The fraction of sp³-hybridized carbons (Fsp3) is 0.0909. The Hall–Kier alpha value is -2.41. The number of halogens is 1. The van der Waals surface area contributed by atoms with Crippen LogP contribution in [0.2, 0.25) is 5.02 Å². The van der Waals surface area contributed by atoms with E-state index in [0.29, 0.717) is 10.6 Å². The summed E-state index contributed by atoms with van der Waals surface area (Å²) in [6.45, 7) is 0.161. The predicted octanol–water partition coefficient (Wildman–Crippen LogP) is 2.19. The Morgan fingerprint density at radius 1 is 1.47 bits per heavy atom. The maximum absolute atomic E-state index is 10.9. The van der Waals surface area contributed by atoms with Crippen LogP contribution in [0.3, 0.4) is 0 Å². The molecule has 0 aliphatic heterocycles. The van der Waals surface area contributed by atoms with Crippen LogP contribution in [-0.2, 0) is 6.54 Å². The molecule has 0 aliphatic carbocycles. The molecule has 1 aromatic heterocycles. The molecular formula is C11H8ClN3O4. The van der Waals surface area contributed by atoms with E-state index in [1.807, 2.05) is 0 Å². The summed E-state index contributed by atoms with van der Waals surface area (Å²) in [6, 6.07) is 6.92. The van der Waals surface area contributed by atoms with Gasteiger partial charge < -0.3 is 15.2 Å². The van der Waals surface area contributed by atoms with Gasteiger partial charge in [-0.3, -0.25) is 0 Å². The van der Waals surface area contributed by atoms with Crippen LogP contribution < -0.4 is 0 Å². The van der Waals surface area contributed by atoms with Crippen molar-refractivity contribution in [2.75, 3.05) is 0 Å². The summed E-state index contributed by atoms with van der Waals surface area (Å²) in [5.74, 6) is -2.07. The fourth-order valence-electron chi connectivity index (χ4n) is 1.58. The molecule has 0 atom stereocenters. The van der Waals surface area contributed by atoms with Gasteiger partial charge in [-0.2, -0.15) is 4.68 Å². The van der Waals surface area contributed by atoms with E-state index in [0.717, 1.165) is 6.20 Å². The Kier molecular flexibility index (Phi) is 3.48. The number of aromatic carboxylic acids is 1. The summed E-state index contributed by atoms with van der Waals surface area (Å²) < 4.78 is 1.18. The summed E-state index contributed by atoms with van der Waals surface area (Å²) >= 11 is 5.95. The first-order valence-corrected chi connectivity index (χ1v) is 5.55. The zero-order valence-electron chi connectivity index (χ0n) is 9.49. The molecule has 0 saturated carbocycles. The highest BCUT2D eigenvalue weighted by atomic mass is 35.5. The number of benzene rings is 1. The lowest BCUT2D eigenvalue weighted by molar-refractivity contribution is -0.390. The number of nitrogens with zero attached hydrogens (tertiary/aromatic N) is 3. The van der Waals surface area contributed by atoms with Crippen LogP contribution in [0, 0.1) is 10.1 Å². The number of carboxylic acids is 1. The third kappa shape index (κ3) is 2.71. The summed E-state index contributed by atoms with van der Waals surface area (Å²) in [7, 11) is 0. The van der Waals surface area contributed by atoms with E-state index in [2.05, 4.69) is 5.10 Å². The standard InChI is InChI=1S/C11H8ClN3O4/c12-9-4-2-1-3-7(9)5-14-6-8(11(16)17)10(13-14)15(18)19/h1-4,6H,5H2,(H,16,17). The zero-order chi connectivity index (χ0) is 14.0. The van der Waals surface area contributed by atoms with Crippen LogP contribution in [0.5, 0.6) is 0 Å². The number of aromatic nitrogens is 2. The van der Waals surface area contributed by atoms with Gasteiger partial charge in [0.2, 0.25) is 0 Å². The van der Waals surface area contributed by atoms with Gasteiger partial charge in [-0.05, 0) is 16.6 Å². The highest BCUT2D eigenvalue weighted by molar-refractivity contribution is 6.31. The van der Waals surface area contributed by atoms with Crippen molar-refractivity contribution in [2.24, 2.45) is 0 Å². The monoisotopic (exact) mass is 281 g/mol. The molecule has 19 heavy (non-hydrogen) atoms. The van der Waals surface area contributed by atoms with Gasteiger partial charge in [-0.1, -0.05) is 29.8 Å². The molecule has 1 N–H and O–H groups in total. The Morgan fingerprint density at radius 3 is 2.68 bits per heavy atom. The van der Waals surface area contributed by atoms with E-state index in [1.165, 1.54) is 4.68 Å². The van der Waals surface area contributed by atoms with Crippen molar-refractivity contribution in [1.82, 2.24) is 9.78 Å². The zero-order valence-corrected chi connectivity index (χ0v) is 10.2. The van der Waals surface area contributed by atoms with Gasteiger partial charge in [0.15, 0.2) is 5.56 Å². The van der Waals surface area contributed by atoms with Gasteiger partial charge >= 0.3 is 11.8 Å². The van der Waals surface area contributed by atoms with Crippen molar-refractivity contribution >= 4 is 23.4 Å². The minimum absolute atomic E-state index is 0.161. The Bertz CT molecular complexity index is 622. The van der Waals surface area contributed by atoms with Gasteiger partial charge in [-0.25, -0.2) is 4.79 Å². The summed E-state index contributed by atoms with van der Waals surface area (Å²) in [5, 5.41) is 23.7. The third-order valence-electron chi connectivity index (χ3n) is 2.44. The second kappa shape index (κ2) is 5.07. The smallest absolute Gasteiger partial charge is 0.404 e. The molecule has 1 heterocycles. The molecule has 2 aromatic rings. The Labute approximate surface area is 112 Å². The Morgan fingerprint density at radius 2 is 2.16 bits per heavy atom. The molecule has 0 spiro atoms. The molecule has 0 unspecified atom stereocenters. The maximum atomic E-state index is 10.9. The second-order valence-corrected chi connectivity index (χ2v) is 4.12. The van der Waals surface area contributed by atoms with Gasteiger partial charge in [0, 0.05) is 5.02 Å². The molecule has 98 valence electrons. The van der Waals surface area contributed by atoms with Crippen LogP contribution in [-0.4, -0.2) is 25.8 Å². The van der Waals surface area contributed by atoms with Gasteiger partial charge in [0.1, 0.15) is 0 Å². The van der Waals surface area contributed by atoms with Crippen molar-refractivity contribution in [1.29, 1.82) is 0 Å². The average molecular weight is 282 g/mol. The van der Waals surface area contributed by atoms with Crippen LogP contribution in [0.1, 0.15) is 15.9 Å². The molecule has 7 nitrogen and oxygen atoms in total. The van der Waals surface area contributed by atoms with Gasteiger partial charge in [-0.15, -0.1) is 0 Å². The van der Waals surface area contributed by atoms with Crippen LogP contribution in [0.25, 0.3) is 0 Å². The van der Waals surface area contributed by atoms with Crippen molar-refractivity contribution in [3.63, 3.8) is 0 Å². The molecule has 0 radical (unpaired) electrons. The molecule has 0 bridgehead atoms. The highest BCUT2D eigenvalue weighted by Crippen LogP contribution is 2.19. The number of rotatable bonds is 4. The minimum atomic E-state index is -1.39. The van der Waals surface area contributed by atoms with E-state index in [4.69, 9.17) is 16.7 Å². The maximum Gasteiger partial charge on any atom is 0.404 e. The van der Waals surface area contributed by atoms with Crippen LogP contribution in [0.15, 0.2) is 30.5 Å². The normalized spacial score (nSPS) is 10.4. The lowest BCUT2D eigenvalue weighted by atomic mass is 10.2. The predicted molar refractivity (Wildman–Crippen MR) is 66.4 cm³/mol. The number of carboxylic acid groups (broad SMARTS) is 1. The third-order valence-corrected chi connectivity index (χ3v) is 2.80. The van der Waals surface area contributed by atoms with Crippen LogP contribution >= 0.6 is 11.6 Å². The number of hydrogen-bond donors (Lipinski definition) is 1. The summed E-state index contributed by atoms with van der Waals surface area (Å²) in [6.07, 6.45) is 1.11. The molecule has 2 rings (SSSR count). The Balaban J connectivity index is 2.37. The molecule has 8 heteroatoms. The molecule has 0 amide bonds. The van der Waals surface area contributed by atoms with E-state index in [1.54, 1.807) is 24.3 Å². The van der Waals surface area contributed by atoms with Crippen molar-refractivity contribution in [3.05, 3.63) is 56.7 Å². The summed E-state index contributed by atoms with van der Waals surface area (Å²) in [5.41, 5.74) is 0.246. The highest BCUT2D eigenvalue weighted by Gasteiger charge is 2.26. The summed E-state index contributed by atoms with van der Waals surface area (Å²) in [4.78, 5) is 20.7. The van der Waals surface area contributed by atoms with Crippen molar-refractivity contribution in [2.45, 2.75) is 6.54 Å². The molecular weight excluding hydrogens is 274 g/mol. The van der Waals surface area contributed by atoms with Gasteiger partial charge in [0.05, 0.1) is 17.8 Å². The number of nitro groups is 1. The SMILES string of the molecule is O=C(O)c1cn(Cc2ccccc2Cl)nc1[N+](=O)[O-]. The second-order valence-electron chi connectivity index (χ2n) is 3.72. The molecule has 0 fully saturated rings. The van der Waals surface area contributed by atoms with Crippen LogP contribution in [0.4, 0.5) is 5.82 Å². The lowest BCUT2D eigenvalue weighted by Crippen LogP contribution is -2.01. The molecule has 1 aromatic carbocycles. The van der Waals surface area contributed by atoms with E-state index < -0.39 is 22.3 Å². The van der Waals surface area contributed by atoms with Crippen molar-refractivity contribution in [3.8, 4) is 0 Å². The van der Waals surface area contributed by atoms with Crippen molar-refractivity contribution < 1.29 is 14.8 Å². The molecule has 0 saturated heterocycles. The fourth-order valence-corrected chi connectivity index (χ4v) is 1.77. The average Bonchev–Trinajstić information content (AvgIpc) is 2.76. The molecule has 0 aliphatic rings. The van der Waals surface area contributed by atoms with E-state index >= 15 is 0 Å². The number of carbonyl (C=O) groups is 1. The first-order valence-electron chi connectivity index (χ1n) is 5.17. The first-order chi connectivity index (χ1) is 8.99.